The first-order chi connectivity index (χ1) is 25.9. The van der Waals surface area contributed by atoms with Crippen LogP contribution in [0.4, 0.5) is 17.1 Å². The van der Waals surface area contributed by atoms with Crippen LogP contribution in [-0.2, 0) is 34.8 Å². The van der Waals surface area contributed by atoms with Crippen LogP contribution in [0.5, 0.6) is 0 Å². The number of carbonyl (C=O) groups excluding carboxylic acids is 3. The van der Waals surface area contributed by atoms with E-state index < -0.39 is 27.9 Å². The van der Waals surface area contributed by atoms with Gasteiger partial charge in [-0.15, -0.1) is 5.06 Å². The van der Waals surface area contributed by atoms with Crippen molar-refractivity contribution >= 4 is 50.7 Å². The van der Waals surface area contributed by atoms with E-state index in [1.54, 1.807) is 0 Å². The summed E-state index contributed by atoms with van der Waals surface area (Å²) in [5.41, 5.74) is 8.45. The smallest absolute Gasteiger partial charge is 0.333 e. The molecule has 2 aromatic rings. The Morgan fingerprint density at radius 3 is 2.27 bits per heavy atom. The Bertz CT molecular complexity index is 2060. The highest BCUT2D eigenvalue weighted by Crippen LogP contribution is 2.47. The van der Waals surface area contributed by atoms with Gasteiger partial charge in [0.15, 0.2) is 5.71 Å². The van der Waals surface area contributed by atoms with Gasteiger partial charge in [0.25, 0.3) is 21.9 Å². The topological polar surface area (TPSA) is 128 Å². The van der Waals surface area contributed by atoms with E-state index >= 15 is 0 Å². The molecule has 12 heteroatoms. The summed E-state index contributed by atoms with van der Waals surface area (Å²) in [6.45, 7) is 14.3. The molecule has 1 N–H and O–H groups in total. The number of rotatable bonds is 16. The average molecular weight is 772 g/mol. The van der Waals surface area contributed by atoms with Crippen LogP contribution in [0, 0.1) is 5.41 Å². The van der Waals surface area contributed by atoms with E-state index in [4.69, 9.17) is 4.84 Å². The average Bonchev–Trinajstić information content (AvgIpc) is 3.62. The van der Waals surface area contributed by atoms with Crippen LogP contribution in [0.15, 0.2) is 95.9 Å². The molecule has 0 spiro atoms. The lowest BCUT2D eigenvalue weighted by Gasteiger charge is -2.28. The zero-order chi connectivity index (χ0) is 40.1. The first kappa shape index (κ1) is 41.4. The number of carbonyl (C=O) groups is 3. The Hall–Kier alpha value is -4.81. The first-order valence-electron chi connectivity index (χ1n) is 19.0. The summed E-state index contributed by atoms with van der Waals surface area (Å²) < 4.78 is 34.8. The third-order valence-electron chi connectivity index (χ3n) is 11.2. The van der Waals surface area contributed by atoms with Gasteiger partial charge < -0.3 is 14.6 Å². The minimum atomic E-state index is -4.09. The van der Waals surface area contributed by atoms with Crippen LogP contribution < -0.4 is 4.90 Å². The number of nitrogens with zero attached hydrogens (tertiary/aromatic N) is 4. The van der Waals surface area contributed by atoms with Gasteiger partial charge in [0.05, 0.1) is 11.2 Å². The Labute approximate surface area is 326 Å². The quantitative estimate of drug-likeness (QED) is 0.0596. The molecule has 3 aliphatic heterocycles. The molecule has 294 valence electrons. The predicted octanol–water partition coefficient (Wildman–Crippen LogP) is 7.91. The van der Waals surface area contributed by atoms with Crippen molar-refractivity contribution in [2.45, 2.75) is 91.9 Å². The lowest BCUT2D eigenvalue weighted by atomic mass is 9.81. The number of unbranched alkanes of at least 4 members (excludes halogenated alkanes) is 2. The minimum Gasteiger partial charge on any atom is -0.348 e. The van der Waals surface area contributed by atoms with Crippen LogP contribution in [0.2, 0.25) is 0 Å². The Morgan fingerprint density at radius 2 is 1.60 bits per heavy atom. The summed E-state index contributed by atoms with van der Waals surface area (Å²) in [7, 11) is -2.04. The largest absolute Gasteiger partial charge is 0.348 e. The zero-order valence-electron chi connectivity index (χ0n) is 33.2. The third-order valence-corrected chi connectivity index (χ3v) is 12.0. The third kappa shape index (κ3) is 9.36. The fourth-order valence-electron chi connectivity index (χ4n) is 7.65. The van der Waals surface area contributed by atoms with E-state index in [0.29, 0.717) is 18.0 Å². The zero-order valence-corrected chi connectivity index (χ0v) is 34.0. The molecule has 55 heavy (non-hydrogen) atoms. The molecular weight excluding hydrogens is 717 g/mol. The van der Waals surface area contributed by atoms with Crippen molar-refractivity contribution in [2.24, 2.45) is 5.41 Å². The van der Waals surface area contributed by atoms with Crippen molar-refractivity contribution in [3.63, 3.8) is 0 Å². The van der Waals surface area contributed by atoms with Gasteiger partial charge >= 0.3 is 5.97 Å². The number of amides is 2. The van der Waals surface area contributed by atoms with Crippen molar-refractivity contribution in [3.8, 4) is 0 Å². The number of hydrogen-bond acceptors (Lipinski definition) is 8. The van der Waals surface area contributed by atoms with Gasteiger partial charge in [-0.3, -0.25) is 14.1 Å². The summed E-state index contributed by atoms with van der Waals surface area (Å²) in [5, 5.41) is 0.600. The molecule has 2 aromatic carbocycles. The van der Waals surface area contributed by atoms with Crippen molar-refractivity contribution in [1.82, 2.24) is 9.96 Å². The maximum absolute atomic E-state index is 12.2. The van der Waals surface area contributed by atoms with Gasteiger partial charge in [0.2, 0.25) is 5.69 Å². The van der Waals surface area contributed by atoms with Crippen LogP contribution in [-0.4, -0.2) is 76.9 Å². The van der Waals surface area contributed by atoms with Crippen LogP contribution in [0.1, 0.15) is 92.1 Å². The van der Waals surface area contributed by atoms with Gasteiger partial charge in [0, 0.05) is 85.2 Å². The standard InChI is InChI=1S/C43H54N4O7S/c1-31-32(2)45(27-16-10-15-22-41(50)54-47-39(48)25-26-40(47)49)37(42(31,3)4)20-13-9-14-21-38-43(5,6)35-30-34(44(7)33-18-11-8-12-19-33)23-24-36(35)46(38)28-17-29-55(51,52)53/h8-9,11-14,18-21,23-24,30H,10,15-17,22,25-29H2,1-7H3/p+1. The molecule has 2 amide bonds. The number of hydroxylamine groups is 2. The highest BCUT2D eigenvalue weighted by Gasteiger charge is 2.44. The summed E-state index contributed by atoms with van der Waals surface area (Å²) in [4.78, 5) is 45.2. The molecule has 5 rings (SSSR count). The second-order valence-electron chi connectivity index (χ2n) is 15.5. The molecule has 3 aliphatic rings. The molecule has 3 heterocycles. The van der Waals surface area contributed by atoms with Crippen molar-refractivity contribution in [2.75, 3.05) is 30.8 Å². The highest BCUT2D eigenvalue weighted by atomic mass is 32.2. The van der Waals surface area contributed by atoms with E-state index in [9.17, 15) is 27.4 Å². The van der Waals surface area contributed by atoms with Crippen molar-refractivity contribution in [3.05, 3.63) is 101 Å². The highest BCUT2D eigenvalue weighted by molar-refractivity contribution is 7.85. The number of anilines is 2. The normalized spacial score (nSPS) is 18.9. The fraction of sp³-hybridized carbons (Fsp3) is 0.442. The van der Waals surface area contributed by atoms with Crippen LogP contribution in [0.25, 0.3) is 0 Å². The van der Waals surface area contributed by atoms with Crippen molar-refractivity contribution in [1.29, 1.82) is 0 Å². The maximum atomic E-state index is 12.2. The molecule has 0 atom stereocenters. The second-order valence-corrected chi connectivity index (χ2v) is 17.1. The lowest BCUT2D eigenvalue weighted by molar-refractivity contribution is -0.437. The monoisotopic (exact) mass is 771 g/mol. The number of benzene rings is 2. The van der Waals surface area contributed by atoms with E-state index in [0.717, 1.165) is 47.7 Å². The van der Waals surface area contributed by atoms with E-state index in [-0.39, 0.29) is 42.3 Å². The number of fused-ring (bicyclic) bond motifs is 1. The van der Waals surface area contributed by atoms with Gasteiger partial charge in [-0.05, 0) is 76.5 Å². The van der Waals surface area contributed by atoms with Gasteiger partial charge in [0.1, 0.15) is 6.54 Å². The number of para-hydroxylation sites is 1. The van der Waals surface area contributed by atoms with Crippen LogP contribution in [0.3, 0.4) is 0 Å². The number of allylic oxidation sites excluding steroid dienone is 7. The number of imide groups is 1. The molecular formula is C43H55N4O7S+. The second kappa shape index (κ2) is 16.9. The molecule has 0 aliphatic carbocycles. The summed E-state index contributed by atoms with van der Waals surface area (Å²) in [6.07, 6.45) is 13.1. The van der Waals surface area contributed by atoms with E-state index in [2.05, 4.69) is 104 Å². The molecule has 1 saturated heterocycles. The van der Waals surface area contributed by atoms with Gasteiger partial charge in [-0.25, -0.2) is 4.79 Å². The molecule has 1 fully saturated rings. The lowest BCUT2D eigenvalue weighted by Crippen LogP contribution is -2.31. The fourth-order valence-corrected chi connectivity index (χ4v) is 8.14. The predicted molar refractivity (Wildman–Crippen MR) is 216 cm³/mol. The van der Waals surface area contributed by atoms with Crippen LogP contribution >= 0.6 is 0 Å². The Kier molecular flexibility index (Phi) is 12.7. The summed E-state index contributed by atoms with van der Waals surface area (Å²) >= 11 is 0. The maximum Gasteiger partial charge on any atom is 0.333 e. The number of hydrogen-bond donors (Lipinski definition) is 1. The molecule has 11 nitrogen and oxygen atoms in total. The van der Waals surface area contributed by atoms with E-state index in [1.807, 2.05) is 37.4 Å². The van der Waals surface area contributed by atoms with Gasteiger partial charge in [-0.2, -0.15) is 13.0 Å². The Balaban J connectivity index is 1.29. The van der Waals surface area contributed by atoms with E-state index in [1.165, 1.54) is 17.0 Å². The molecule has 0 radical (unpaired) electrons. The summed E-state index contributed by atoms with van der Waals surface area (Å²) in [5.74, 6) is -1.82. The minimum absolute atomic E-state index is 0.0771. The summed E-state index contributed by atoms with van der Waals surface area (Å²) in [6, 6.07) is 16.6. The molecule has 0 bridgehead atoms. The molecule has 0 saturated carbocycles. The first-order valence-corrected chi connectivity index (χ1v) is 20.7. The molecule has 0 aromatic heterocycles. The SMILES string of the molecule is CC1=C(C)C(C)(C)\C(=C/C=C/C=C/C2=[N+](CCCS(=O)(=O)O)c3ccc(N(C)c4ccccc4)cc3C2(C)C)N1CCCCCC(=O)ON1C(=O)CCC1=O. The molecule has 0 unspecified atom stereocenters. The van der Waals surface area contributed by atoms with Gasteiger partial charge in [-0.1, -0.05) is 56.7 Å². The van der Waals surface area contributed by atoms with Crippen molar-refractivity contribution < 1.29 is 36.8 Å². The Morgan fingerprint density at radius 1 is 0.909 bits per heavy atom.